The maximum atomic E-state index is 6.13. The molecule has 2 aromatic carbocycles. The second kappa shape index (κ2) is 5.66. The molecule has 2 N–H and O–H groups in total. The Morgan fingerprint density at radius 3 is 2.57 bits per heavy atom. The third-order valence-corrected chi connectivity index (χ3v) is 5.52. The molecule has 0 amide bonds. The number of nitrogens with two attached hydrogens (primary N) is 1. The maximum absolute atomic E-state index is 6.13. The first-order chi connectivity index (χ1) is 11.3. The van der Waals surface area contributed by atoms with Crippen LogP contribution in [0.5, 0.6) is 5.75 Å². The van der Waals surface area contributed by atoms with Gasteiger partial charge in [0.15, 0.2) is 0 Å². The van der Waals surface area contributed by atoms with Gasteiger partial charge in [-0.2, -0.15) is 0 Å². The van der Waals surface area contributed by atoms with E-state index in [4.69, 9.17) is 10.5 Å². The Morgan fingerprint density at radius 1 is 1.13 bits per heavy atom. The summed E-state index contributed by atoms with van der Waals surface area (Å²) in [5.41, 5.74) is 10.6. The molecule has 0 bridgehead atoms. The van der Waals surface area contributed by atoms with Crippen molar-refractivity contribution in [1.29, 1.82) is 0 Å². The number of benzene rings is 2. The minimum atomic E-state index is 0.307. The molecule has 2 aliphatic rings. The van der Waals surface area contributed by atoms with Crippen molar-refractivity contribution in [3.63, 3.8) is 0 Å². The number of hydrogen-bond donors (Lipinski definition) is 1. The quantitative estimate of drug-likeness (QED) is 0.921. The molecule has 1 aliphatic heterocycles. The van der Waals surface area contributed by atoms with E-state index in [2.05, 4.69) is 53.4 Å². The van der Waals surface area contributed by atoms with Gasteiger partial charge in [0, 0.05) is 36.7 Å². The molecular formula is C20H24N2O. The van der Waals surface area contributed by atoms with E-state index in [1.165, 1.54) is 29.5 Å². The SMILES string of the molecule is COc1cccc2c1CN(CC1(c3ccccc3)CC1)C2CN. The summed E-state index contributed by atoms with van der Waals surface area (Å²) in [6, 6.07) is 17.6. The fraction of sp³-hybridized carbons (Fsp3) is 0.400. The summed E-state index contributed by atoms with van der Waals surface area (Å²) in [6.45, 7) is 2.68. The van der Waals surface area contributed by atoms with Crippen LogP contribution >= 0.6 is 0 Å². The number of hydrogen-bond acceptors (Lipinski definition) is 3. The van der Waals surface area contributed by atoms with Gasteiger partial charge in [0.1, 0.15) is 5.75 Å². The van der Waals surface area contributed by atoms with E-state index < -0.39 is 0 Å². The second-order valence-electron chi connectivity index (χ2n) is 6.83. The van der Waals surface area contributed by atoms with Gasteiger partial charge in [0.2, 0.25) is 0 Å². The highest BCUT2D eigenvalue weighted by molar-refractivity contribution is 5.45. The number of methoxy groups -OCH3 is 1. The van der Waals surface area contributed by atoms with Crippen LogP contribution in [0.4, 0.5) is 0 Å². The average molecular weight is 308 g/mol. The molecule has 4 rings (SSSR count). The molecule has 0 spiro atoms. The molecule has 3 nitrogen and oxygen atoms in total. The van der Waals surface area contributed by atoms with E-state index in [0.717, 1.165) is 18.8 Å². The molecule has 0 aromatic heterocycles. The molecule has 1 aliphatic carbocycles. The third-order valence-electron chi connectivity index (χ3n) is 5.52. The molecule has 23 heavy (non-hydrogen) atoms. The summed E-state index contributed by atoms with van der Waals surface area (Å²) >= 11 is 0. The van der Waals surface area contributed by atoms with Crippen LogP contribution in [-0.2, 0) is 12.0 Å². The van der Waals surface area contributed by atoms with Gasteiger partial charge in [-0.25, -0.2) is 0 Å². The lowest BCUT2D eigenvalue weighted by molar-refractivity contribution is 0.198. The summed E-state index contributed by atoms with van der Waals surface area (Å²) in [4.78, 5) is 2.55. The Balaban J connectivity index is 1.61. The molecule has 2 aromatic rings. The van der Waals surface area contributed by atoms with Crippen LogP contribution in [0, 0.1) is 0 Å². The maximum Gasteiger partial charge on any atom is 0.123 e. The molecule has 1 fully saturated rings. The van der Waals surface area contributed by atoms with E-state index in [1.807, 2.05) is 0 Å². The fourth-order valence-electron chi connectivity index (χ4n) is 4.08. The lowest BCUT2D eigenvalue weighted by Gasteiger charge is -2.29. The standard InChI is InChI=1S/C20H24N2O/c1-23-19-9-5-8-16-17(19)13-22(18(16)12-21)14-20(10-11-20)15-6-3-2-4-7-15/h2-9,18H,10-14,21H2,1H3. The van der Waals surface area contributed by atoms with Crippen molar-refractivity contribution in [3.05, 3.63) is 65.2 Å². The van der Waals surface area contributed by atoms with Crippen LogP contribution in [-0.4, -0.2) is 25.1 Å². The predicted molar refractivity (Wildman–Crippen MR) is 92.6 cm³/mol. The van der Waals surface area contributed by atoms with E-state index in [1.54, 1.807) is 7.11 Å². The number of rotatable bonds is 5. The Labute approximate surface area is 138 Å². The van der Waals surface area contributed by atoms with Crippen molar-refractivity contribution in [1.82, 2.24) is 4.90 Å². The Kier molecular flexibility index (Phi) is 3.63. The van der Waals surface area contributed by atoms with Crippen molar-refractivity contribution in [2.24, 2.45) is 5.73 Å². The van der Waals surface area contributed by atoms with E-state index >= 15 is 0 Å². The third kappa shape index (κ3) is 2.44. The van der Waals surface area contributed by atoms with Crippen LogP contribution in [0.1, 0.15) is 35.6 Å². The molecule has 1 saturated carbocycles. The summed E-state index contributed by atoms with van der Waals surface area (Å²) in [5, 5.41) is 0. The Morgan fingerprint density at radius 2 is 1.91 bits per heavy atom. The first-order valence-electron chi connectivity index (χ1n) is 8.43. The van der Waals surface area contributed by atoms with Crippen LogP contribution in [0.25, 0.3) is 0 Å². The minimum absolute atomic E-state index is 0.307. The molecule has 3 heteroatoms. The van der Waals surface area contributed by atoms with E-state index in [-0.39, 0.29) is 0 Å². The largest absolute Gasteiger partial charge is 0.496 e. The lowest BCUT2D eigenvalue weighted by atomic mass is 9.95. The number of fused-ring (bicyclic) bond motifs is 1. The first-order valence-corrected chi connectivity index (χ1v) is 8.43. The summed E-state index contributed by atoms with van der Waals surface area (Å²) in [6.07, 6.45) is 2.55. The Bertz CT molecular complexity index is 694. The van der Waals surface area contributed by atoms with Gasteiger partial charge in [-0.05, 0) is 30.0 Å². The van der Waals surface area contributed by atoms with Crippen LogP contribution in [0.15, 0.2) is 48.5 Å². The molecule has 1 atom stereocenters. The van der Waals surface area contributed by atoms with Gasteiger partial charge in [-0.15, -0.1) is 0 Å². The van der Waals surface area contributed by atoms with Crippen molar-refractivity contribution in [2.75, 3.05) is 20.2 Å². The lowest BCUT2D eigenvalue weighted by Crippen LogP contribution is -2.34. The second-order valence-corrected chi connectivity index (χ2v) is 6.83. The van der Waals surface area contributed by atoms with Gasteiger partial charge >= 0.3 is 0 Å². The molecular weight excluding hydrogens is 284 g/mol. The van der Waals surface area contributed by atoms with Crippen LogP contribution in [0.2, 0.25) is 0 Å². The van der Waals surface area contributed by atoms with Gasteiger partial charge in [-0.3, -0.25) is 4.90 Å². The molecule has 1 unspecified atom stereocenters. The van der Waals surface area contributed by atoms with E-state index in [0.29, 0.717) is 18.0 Å². The average Bonchev–Trinajstić information content (AvgIpc) is 3.29. The molecule has 0 saturated heterocycles. The summed E-state index contributed by atoms with van der Waals surface area (Å²) in [5.74, 6) is 0.994. The molecule has 0 radical (unpaired) electrons. The Hall–Kier alpha value is -1.84. The predicted octanol–water partition coefficient (Wildman–Crippen LogP) is 3.24. The van der Waals surface area contributed by atoms with Crippen molar-refractivity contribution < 1.29 is 4.74 Å². The monoisotopic (exact) mass is 308 g/mol. The van der Waals surface area contributed by atoms with Crippen molar-refractivity contribution in [2.45, 2.75) is 30.8 Å². The normalized spacial score (nSPS) is 21.9. The van der Waals surface area contributed by atoms with Gasteiger partial charge in [0.05, 0.1) is 7.11 Å². The zero-order valence-electron chi connectivity index (χ0n) is 13.7. The van der Waals surface area contributed by atoms with Crippen molar-refractivity contribution >= 4 is 0 Å². The zero-order valence-corrected chi connectivity index (χ0v) is 13.7. The minimum Gasteiger partial charge on any atom is -0.496 e. The smallest absolute Gasteiger partial charge is 0.123 e. The molecule has 120 valence electrons. The van der Waals surface area contributed by atoms with Gasteiger partial charge in [-0.1, -0.05) is 42.5 Å². The summed E-state index contributed by atoms with van der Waals surface area (Å²) in [7, 11) is 1.75. The number of nitrogens with zero attached hydrogens (tertiary/aromatic N) is 1. The van der Waals surface area contributed by atoms with Gasteiger partial charge in [0.25, 0.3) is 0 Å². The van der Waals surface area contributed by atoms with Gasteiger partial charge < -0.3 is 10.5 Å². The fourth-order valence-corrected chi connectivity index (χ4v) is 4.08. The van der Waals surface area contributed by atoms with Crippen LogP contribution in [0.3, 0.4) is 0 Å². The highest BCUT2D eigenvalue weighted by Gasteiger charge is 2.47. The first kappa shape index (κ1) is 14.7. The zero-order chi connectivity index (χ0) is 15.9. The number of ether oxygens (including phenoxy) is 1. The van der Waals surface area contributed by atoms with Crippen molar-refractivity contribution in [3.8, 4) is 5.75 Å². The highest BCUT2D eigenvalue weighted by atomic mass is 16.5. The molecule has 1 heterocycles. The highest BCUT2D eigenvalue weighted by Crippen LogP contribution is 2.51. The summed E-state index contributed by atoms with van der Waals surface area (Å²) < 4.78 is 5.56. The van der Waals surface area contributed by atoms with Crippen LogP contribution < -0.4 is 10.5 Å². The topological polar surface area (TPSA) is 38.5 Å². The van der Waals surface area contributed by atoms with E-state index in [9.17, 15) is 0 Å².